The Bertz CT molecular complexity index is 218. The van der Waals surface area contributed by atoms with E-state index in [1.165, 1.54) is 64.2 Å². The van der Waals surface area contributed by atoms with Crippen LogP contribution < -0.4 is 0 Å². The van der Waals surface area contributed by atoms with Crippen LogP contribution in [0.1, 0.15) is 77.0 Å². The second-order valence-corrected chi connectivity index (χ2v) is 5.17. The molecule has 0 saturated carbocycles. The standard InChI is InChI=1S/C15H28N2O2/c1-2-4-6-8-10-12-14-16-17-19-18-15-13-11-9-7-5-3-1/h13,15H,1-12,14H2. The van der Waals surface area contributed by atoms with Gasteiger partial charge in [-0.25, -0.2) is 0 Å². The molecule has 0 unspecified atom stereocenters. The van der Waals surface area contributed by atoms with Crippen LogP contribution in [0.3, 0.4) is 0 Å². The van der Waals surface area contributed by atoms with Crippen LogP contribution in [0.4, 0.5) is 0 Å². The summed E-state index contributed by atoms with van der Waals surface area (Å²) >= 11 is 0. The van der Waals surface area contributed by atoms with E-state index in [2.05, 4.69) is 15.4 Å². The topological polar surface area (TPSA) is 43.2 Å². The molecule has 0 spiro atoms. The molecule has 0 aliphatic carbocycles. The third-order valence-corrected chi connectivity index (χ3v) is 3.41. The van der Waals surface area contributed by atoms with E-state index in [0.29, 0.717) is 0 Å². The number of rotatable bonds is 0. The van der Waals surface area contributed by atoms with Crippen molar-refractivity contribution >= 4 is 0 Å². The largest absolute Gasteiger partial charge is 0.274 e. The highest BCUT2D eigenvalue weighted by atomic mass is 17.3. The summed E-state index contributed by atoms with van der Waals surface area (Å²) in [5.74, 6) is 0. The van der Waals surface area contributed by atoms with Gasteiger partial charge in [-0.15, -0.1) is 10.1 Å². The van der Waals surface area contributed by atoms with Crippen LogP contribution in [-0.4, -0.2) is 6.54 Å². The predicted molar refractivity (Wildman–Crippen MR) is 76.4 cm³/mol. The summed E-state index contributed by atoms with van der Waals surface area (Å²) in [6.07, 6.45) is 19.0. The molecule has 4 heteroatoms. The second-order valence-electron chi connectivity index (χ2n) is 5.17. The monoisotopic (exact) mass is 268 g/mol. The lowest BCUT2D eigenvalue weighted by Crippen LogP contribution is -1.84. The van der Waals surface area contributed by atoms with Gasteiger partial charge in [0, 0.05) is 0 Å². The third-order valence-electron chi connectivity index (χ3n) is 3.41. The Morgan fingerprint density at radius 1 is 0.684 bits per heavy atom. The van der Waals surface area contributed by atoms with Crippen LogP contribution in [0, 0.1) is 0 Å². The van der Waals surface area contributed by atoms with Gasteiger partial charge in [-0.3, -0.25) is 4.89 Å². The summed E-state index contributed by atoms with van der Waals surface area (Å²) in [6.45, 7) is 0.729. The number of hydrogen-bond acceptors (Lipinski definition) is 4. The minimum atomic E-state index is 0.729. The van der Waals surface area contributed by atoms with Crippen molar-refractivity contribution < 1.29 is 9.88 Å². The summed E-state index contributed by atoms with van der Waals surface area (Å²) in [7, 11) is 0. The average Bonchev–Trinajstić information content (AvgIpc) is 2.43. The molecule has 0 saturated heterocycles. The molecular formula is C15H28N2O2. The van der Waals surface area contributed by atoms with Crippen LogP contribution in [0.25, 0.3) is 0 Å². The van der Waals surface area contributed by atoms with E-state index in [4.69, 9.17) is 4.89 Å². The van der Waals surface area contributed by atoms with E-state index in [-0.39, 0.29) is 0 Å². The zero-order valence-electron chi connectivity index (χ0n) is 12.1. The first-order chi connectivity index (χ1) is 9.50. The Hall–Kier alpha value is -1.06. The molecule has 1 aliphatic rings. The van der Waals surface area contributed by atoms with E-state index >= 15 is 0 Å². The van der Waals surface area contributed by atoms with Crippen molar-refractivity contribution in [1.82, 2.24) is 0 Å². The fraction of sp³-hybridized carbons (Fsp3) is 0.867. The van der Waals surface area contributed by atoms with Crippen molar-refractivity contribution in [3.8, 4) is 0 Å². The molecule has 0 radical (unpaired) electrons. The molecule has 0 fully saturated rings. The lowest BCUT2D eigenvalue weighted by atomic mass is 10.1. The first-order valence-electron chi connectivity index (χ1n) is 7.84. The first kappa shape index (κ1) is 16.0. The summed E-state index contributed by atoms with van der Waals surface area (Å²) in [5, 5.41) is 7.39. The van der Waals surface area contributed by atoms with Crippen molar-refractivity contribution in [2.75, 3.05) is 6.54 Å². The molecule has 0 bridgehead atoms. The van der Waals surface area contributed by atoms with Gasteiger partial charge >= 0.3 is 0 Å². The molecule has 4 nitrogen and oxygen atoms in total. The van der Waals surface area contributed by atoms with E-state index in [0.717, 1.165) is 19.4 Å². The number of hydrogen-bond donors (Lipinski definition) is 0. The molecule has 0 aromatic rings. The van der Waals surface area contributed by atoms with Crippen LogP contribution >= 0.6 is 0 Å². The summed E-state index contributed by atoms with van der Waals surface area (Å²) in [5.41, 5.74) is 0. The van der Waals surface area contributed by atoms with E-state index in [9.17, 15) is 0 Å². The van der Waals surface area contributed by atoms with E-state index in [1.807, 2.05) is 6.08 Å². The Morgan fingerprint density at radius 3 is 1.95 bits per heavy atom. The molecule has 0 amide bonds. The zero-order chi connectivity index (χ0) is 13.4. The third kappa shape index (κ3) is 11.7. The van der Waals surface area contributed by atoms with E-state index < -0.39 is 0 Å². The highest BCUT2D eigenvalue weighted by Gasteiger charge is 1.94. The minimum Gasteiger partial charge on any atom is -0.274 e. The van der Waals surface area contributed by atoms with Crippen LogP contribution in [-0.2, 0) is 9.88 Å². The van der Waals surface area contributed by atoms with Crippen molar-refractivity contribution in [3.05, 3.63) is 12.3 Å². The van der Waals surface area contributed by atoms with Crippen molar-refractivity contribution in [2.45, 2.75) is 77.0 Å². The van der Waals surface area contributed by atoms with Crippen molar-refractivity contribution in [3.63, 3.8) is 0 Å². The fourth-order valence-electron chi connectivity index (χ4n) is 2.25. The van der Waals surface area contributed by atoms with Gasteiger partial charge in [0.05, 0.1) is 11.8 Å². The summed E-state index contributed by atoms with van der Waals surface area (Å²) in [6, 6.07) is 0. The van der Waals surface area contributed by atoms with Gasteiger partial charge in [-0.1, -0.05) is 57.8 Å². The average molecular weight is 268 g/mol. The fourth-order valence-corrected chi connectivity index (χ4v) is 2.25. The lowest BCUT2D eigenvalue weighted by molar-refractivity contribution is -0.257. The first-order valence-corrected chi connectivity index (χ1v) is 7.84. The molecule has 0 aromatic heterocycles. The van der Waals surface area contributed by atoms with Gasteiger partial charge in [0.25, 0.3) is 0 Å². The summed E-state index contributed by atoms with van der Waals surface area (Å²) < 4.78 is 0. The molecule has 1 heterocycles. The van der Waals surface area contributed by atoms with Gasteiger partial charge < -0.3 is 0 Å². The second kappa shape index (κ2) is 13.4. The maximum atomic E-state index is 4.76. The van der Waals surface area contributed by atoms with Crippen LogP contribution in [0.15, 0.2) is 22.7 Å². The molecule has 1 rings (SSSR count). The van der Waals surface area contributed by atoms with E-state index in [1.54, 1.807) is 6.26 Å². The Kier molecular flexibility index (Phi) is 11.3. The van der Waals surface area contributed by atoms with Gasteiger partial charge in [-0.2, -0.15) is 0 Å². The Morgan fingerprint density at radius 2 is 1.26 bits per heavy atom. The lowest BCUT2D eigenvalue weighted by Gasteiger charge is -2.01. The molecule has 0 aromatic carbocycles. The maximum Gasteiger partial charge on any atom is 0.141 e. The van der Waals surface area contributed by atoms with Gasteiger partial charge in [0.15, 0.2) is 0 Å². The van der Waals surface area contributed by atoms with Gasteiger partial charge in [0.2, 0.25) is 0 Å². The normalized spacial score (nSPS) is 21.5. The molecular weight excluding hydrogens is 240 g/mol. The van der Waals surface area contributed by atoms with Crippen molar-refractivity contribution in [1.29, 1.82) is 0 Å². The highest BCUT2D eigenvalue weighted by Crippen LogP contribution is 2.12. The minimum absolute atomic E-state index is 0.729. The maximum absolute atomic E-state index is 4.76. The molecule has 19 heavy (non-hydrogen) atoms. The van der Waals surface area contributed by atoms with Crippen molar-refractivity contribution in [2.24, 2.45) is 10.4 Å². The molecule has 110 valence electrons. The number of nitrogens with zero attached hydrogens (tertiary/aromatic N) is 2. The SMILES string of the molecule is C1=COON=NCCCCCCCCCCCCC1. The Balaban J connectivity index is 2.12. The van der Waals surface area contributed by atoms with Crippen LogP contribution in [0.2, 0.25) is 0 Å². The number of allylic oxidation sites excluding steroid dienone is 1. The quantitative estimate of drug-likeness (QED) is 0.543. The molecule has 1 aliphatic heterocycles. The molecule has 0 atom stereocenters. The molecule has 0 N–H and O–H groups in total. The smallest absolute Gasteiger partial charge is 0.141 e. The zero-order valence-corrected chi connectivity index (χ0v) is 12.1. The predicted octanol–water partition coefficient (Wildman–Crippen LogP) is 5.51. The summed E-state index contributed by atoms with van der Waals surface area (Å²) in [4.78, 5) is 9.33. The van der Waals surface area contributed by atoms with Gasteiger partial charge in [0.1, 0.15) is 6.26 Å². The highest BCUT2D eigenvalue weighted by molar-refractivity contribution is 4.71. The van der Waals surface area contributed by atoms with Crippen LogP contribution in [0.5, 0.6) is 0 Å². The van der Waals surface area contributed by atoms with Gasteiger partial charge in [-0.05, 0) is 25.3 Å². The Labute approximate surface area is 117 Å².